The van der Waals surface area contributed by atoms with Gasteiger partial charge in [0.05, 0.1) is 65.2 Å². The minimum atomic E-state index is -0.433. The summed E-state index contributed by atoms with van der Waals surface area (Å²) in [5, 5.41) is 4.19. The normalized spacial score (nSPS) is 13.4. The highest BCUT2D eigenvalue weighted by molar-refractivity contribution is 6.35. The first-order valence-corrected chi connectivity index (χ1v) is 13.2. The predicted molar refractivity (Wildman–Crippen MR) is 155 cm³/mol. The average molecular weight is 557 g/mol. The van der Waals surface area contributed by atoms with E-state index < -0.39 is 5.82 Å². The molecule has 5 heterocycles. The highest BCUT2D eigenvalue weighted by Crippen LogP contribution is 2.41. The van der Waals surface area contributed by atoms with Crippen LogP contribution in [0.25, 0.3) is 33.4 Å². The lowest BCUT2D eigenvalue weighted by Gasteiger charge is -2.28. The maximum Gasteiger partial charge on any atom is 0.137 e. The number of halogens is 2. The van der Waals surface area contributed by atoms with E-state index in [2.05, 4.69) is 20.2 Å². The molecule has 1 aromatic carbocycles. The molecule has 5 aromatic rings. The molecule has 0 saturated carbocycles. The predicted octanol–water partition coefficient (Wildman–Crippen LogP) is 6.44. The zero-order valence-electron chi connectivity index (χ0n) is 22.0. The molecule has 8 nitrogen and oxygen atoms in total. The van der Waals surface area contributed by atoms with Gasteiger partial charge in [0.15, 0.2) is 0 Å². The summed E-state index contributed by atoms with van der Waals surface area (Å²) in [7, 11) is 1.60. The van der Waals surface area contributed by atoms with E-state index in [0.29, 0.717) is 57.7 Å². The van der Waals surface area contributed by atoms with Crippen molar-refractivity contribution in [2.45, 2.75) is 6.92 Å². The second-order valence-electron chi connectivity index (χ2n) is 9.35. The van der Waals surface area contributed by atoms with Gasteiger partial charge in [-0.25, -0.2) is 14.4 Å². The summed E-state index contributed by atoms with van der Waals surface area (Å²) < 4.78 is 26.5. The molecule has 1 aliphatic rings. The topological polar surface area (TPSA) is 85.3 Å². The third kappa shape index (κ3) is 4.89. The van der Waals surface area contributed by atoms with Crippen molar-refractivity contribution in [3.05, 3.63) is 83.7 Å². The molecule has 0 unspecified atom stereocenters. The number of methoxy groups -OCH3 is 1. The first kappa shape index (κ1) is 25.9. The van der Waals surface area contributed by atoms with Gasteiger partial charge in [0.2, 0.25) is 0 Å². The minimum absolute atomic E-state index is 0.295. The molecule has 0 amide bonds. The lowest BCUT2D eigenvalue weighted by Crippen LogP contribution is -2.36. The van der Waals surface area contributed by atoms with Crippen LogP contribution in [0, 0.1) is 12.7 Å². The number of fused-ring (bicyclic) bond motifs is 1. The van der Waals surface area contributed by atoms with E-state index in [9.17, 15) is 0 Å². The van der Waals surface area contributed by atoms with E-state index >= 15 is 4.39 Å². The van der Waals surface area contributed by atoms with Gasteiger partial charge in [-0.15, -0.1) is 0 Å². The molecule has 0 atom stereocenters. The molecule has 10 heteroatoms. The number of morpholine rings is 1. The van der Waals surface area contributed by atoms with Crippen LogP contribution in [0.3, 0.4) is 0 Å². The average Bonchev–Trinajstić information content (AvgIpc) is 3.01. The van der Waals surface area contributed by atoms with Gasteiger partial charge in [-0.2, -0.15) is 0 Å². The zero-order chi connectivity index (χ0) is 27.6. The molecule has 0 spiro atoms. The van der Waals surface area contributed by atoms with E-state index in [1.165, 1.54) is 12.1 Å². The van der Waals surface area contributed by atoms with Crippen LogP contribution in [0.5, 0.6) is 5.75 Å². The second-order valence-corrected chi connectivity index (χ2v) is 9.76. The molecule has 4 aromatic heterocycles. The maximum atomic E-state index is 15.5. The van der Waals surface area contributed by atoms with E-state index in [1.807, 2.05) is 37.3 Å². The van der Waals surface area contributed by atoms with Crippen LogP contribution in [0.4, 0.5) is 21.6 Å². The fourth-order valence-corrected chi connectivity index (χ4v) is 5.05. The highest BCUT2D eigenvalue weighted by atomic mass is 35.5. The molecule has 0 radical (unpaired) electrons. The smallest absolute Gasteiger partial charge is 0.137 e. The van der Waals surface area contributed by atoms with Gasteiger partial charge in [-0.05, 0) is 37.3 Å². The Balaban J connectivity index is 1.58. The zero-order valence-corrected chi connectivity index (χ0v) is 22.7. The van der Waals surface area contributed by atoms with Crippen LogP contribution in [0.2, 0.25) is 5.02 Å². The Hall–Kier alpha value is -4.34. The third-order valence-corrected chi connectivity index (χ3v) is 7.24. The van der Waals surface area contributed by atoms with Gasteiger partial charge < -0.3 is 19.7 Å². The first-order valence-electron chi connectivity index (χ1n) is 12.8. The monoisotopic (exact) mass is 556 g/mol. The van der Waals surface area contributed by atoms with E-state index in [4.69, 9.17) is 31.0 Å². The van der Waals surface area contributed by atoms with Crippen LogP contribution >= 0.6 is 11.6 Å². The SMILES string of the molecule is COc1cncc(-c2cnc(N3CCOCC3)cc2Nc2c(C)c(-c3ccccn3)nc3c(Cl)ccc(F)c23)c1. The van der Waals surface area contributed by atoms with Gasteiger partial charge in [-0.3, -0.25) is 9.97 Å². The van der Waals surface area contributed by atoms with Crippen LogP contribution in [0.15, 0.2) is 67.3 Å². The molecular formula is C30H26ClFN6O2. The van der Waals surface area contributed by atoms with Crippen LogP contribution in [-0.4, -0.2) is 53.3 Å². The summed E-state index contributed by atoms with van der Waals surface area (Å²) in [4.78, 5) is 20.5. The quantitative estimate of drug-likeness (QED) is 0.256. The Morgan fingerprint density at radius 2 is 1.90 bits per heavy atom. The molecule has 1 aliphatic heterocycles. The van der Waals surface area contributed by atoms with Crippen molar-refractivity contribution in [3.8, 4) is 28.3 Å². The van der Waals surface area contributed by atoms with Gasteiger partial charge in [0, 0.05) is 54.4 Å². The van der Waals surface area contributed by atoms with Crippen molar-refractivity contribution < 1.29 is 13.9 Å². The number of anilines is 3. The molecule has 1 N–H and O–H groups in total. The molecule has 1 saturated heterocycles. The lowest BCUT2D eigenvalue weighted by atomic mass is 10.0. The van der Waals surface area contributed by atoms with E-state index in [0.717, 1.165) is 35.6 Å². The summed E-state index contributed by atoms with van der Waals surface area (Å²) in [6.07, 6.45) is 6.88. The van der Waals surface area contributed by atoms with E-state index in [-0.39, 0.29) is 0 Å². The fourth-order valence-electron chi connectivity index (χ4n) is 4.85. The number of pyridine rings is 4. The van der Waals surface area contributed by atoms with Crippen molar-refractivity contribution in [1.82, 2.24) is 19.9 Å². The fraction of sp³-hybridized carbons (Fsp3) is 0.200. The van der Waals surface area contributed by atoms with Crippen LogP contribution in [-0.2, 0) is 4.74 Å². The molecular weight excluding hydrogens is 531 g/mol. The van der Waals surface area contributed by atoms with Crippen molar-refractivity contribution in [2.24, 2.45) is 0 Å². The molecule has 1 fully saturated rings. The summed E-state index contributed by atoms with van der Waals surface area (Å²) in [6, 6.07) is 12.3. The Morgan fingerprint density at radius 3 is 2.67 bits per heavy atom. The Labute approximate surface area is 235 Å². The van der Waals surface area contributed by atoms with Gasteiger partial charge in [0.25, 0.3) is 0 Å². The second kappa shape index (κ2) is 11.0. The Kier molecular flexibility index (Phi) is 7.15. The van der Waals surface area contributed by atoms with Crippen LogP contribution < -0.4 is 15.0 Å². The van der Waals surface area contributed by atoms with Crippen molar-refractivity contribution >= 4 is 39.7 Å². The van der Waals surface area contributed by atoms with Crippen LogP contribution in [0.1, 0.15) is 5.56 Å². The number of benzene rings is 1. The molecule has 6 rings (SSSR count). The summed E-state index contributed by atoms with van der Waals surface area (Å²) in [6.45, 7) is 4.58. The summed E-state index contributed by atoms with van der Waals surface area (Å²) in [5.74, 6) is 0.962. The molecule has 0 aliphatic carbocycles. The Morgan fingerprint density at radius 1 is 1.05 bits per heavy atom. The van der Waals surface area contributed by atoms with Gasteiger partial charge in [0.1, 0.15) is 17.4 Å². The highest BCUT2D eigenvalue weighted by Gasteiger charge is 2.22. The minimum Gasteiger partial charge on any atom is -0.495 e. The molecule has 0 bridgehead atoms. The number of hydrogen-bond acceptors (Lipinski definition) is 8. The van der Waals surface area contributed by atoms with Gasteiger partial charge >= 0.3 is 0 Å². The van der Waals surface area contributed by atoms with Gasteiger partial charge in [-0.1, -0.05) is 17.7 Å². The Bertz CT molecular complexity index is 1700. The van der Waals surface area contributed by atoms with E-state index in [1.54, 1.807) is 31.9 Å². The number of rotatable bonds is 6. The first-order chi connectivity index (χ1) is 19.5. The van der Waals surface area contributed by atoms with Crippen molar-refractivity contribution in [3.63, 3.8) is 0 Å². The summed E-state index contributed by atoms with van der Waals surface area (Å²) >= 11 is 6.58. The van der Waals surface area contributed by atoms with Crippen molar-refractivity contribution in [2.75, 3.05) is 43.6 Å². The number of aromatic nitrogens is 4. The molecule has 202 valence electrons. The largest absolute Gasteiger partial charge is 0.495 e. The maximum absolute atomic E-state index is 15.5. The standard InChI is InChI=1S/C30H26ClFN6O2/c1-18-28(24-5-3-4-8-34-24)37-30-22(31)6-7-23(32)27(30)29(18)36-25-14-26(38-9-11-40-12-10-38)35-17-21(25)19-13-20(39-2)16-33-15-19/h3-8,13-17H,9-12H2,1-2H3,(H,35,36,37). The third-order valence-electron chi connectivity index (χ3n) is 6.93. The summed E-state index contributed by atoms with van der Waals surface area (Å²) in [5.41, 5.74) is 5.17. The number of hydrogen-bond donors (Lipinski definition) is 1. The lowest BCUT2D eigenvalue weighted by molar-refractivity contribution is 0.122. The number of ether oxygens (including phenoxy) is 2. The number of nitrogens with one attached hydrogen (secondary N) is 1. The van der Waals surface area contributed by atoms with Crippen molar-refractivity contribution in [1.29, 1.82) is 0 Å². The number of nitrogens with zero attached hydrogens (tertiary/aromatic N) is 5. The molecule has 40 heavy (non-hydrogen) atoms.